The van der Waals surface area contributed by atoms with E-state index in [4.69, 9.17) is 5.84 Å². The molecule has 0 unspecified atom stereocenters. The zero-order chi connectivity index (χ0) is 13.9. The van der Waals surface area contributed by atoms with Crippen molar-refractivity contribution in [1.29, 1.82) is 0 Å². The van der Waals surface area contributed by atoms with E-state index in [1.807, 2.05) is 19.2 Å². The van der Waals surface area contributed by atoms with E-state index in [0.717, 1.165) is 5.01 Å². The van der Waals surface area contributed by atoms with Crippen molar-refractivity contribution in [3.63, 3.8) is 0 Å². The predicted octanol–water partition coefficient (Wildman–Crippen LogP) is 1.49. The number of carbonyl (C=O) groups excluding carboxylic acids is 1. The van der Waals surface area contributed by atoms with Gasteiger partial charge in [0.05, 0.1) is 23.0 Å². The summed E-state index contributed by atoms with van der Waals surface area (Å²) in [6.07, 6.45) is 4.77. The fourth-order valence-electron chi connectivity index (χ4n) is 1.64. The van der Waals surface area contributed by atoms with Crippen LogP contribution in [-0.4, -0.2) is 15.9 Å². The number of nitrogens with two attached hydrogens (primary N) is 1. The predicted molar refractivity (Wildman–Crippen MR) is 74.7 cm³/mol. The molecule has 4 N–H and O–H groups in total. The van der Waals surface area contributed by atoms with E-state index in [1.54, 1.807) is 18.5 Å². The molecule has 0 saturated heterocycles. The van der Waals surface area contributed by atoms with E-state index >= 15 is 0 Å². The Morgan fingerprint density at radius 3 is 2.84 bits per heavy atom. The molecular formula is C12H15N5OS. The fourth-order valence-corrected chi connectivity index (χ4v) is 2.36. The number of hydrogen-bond donors (Lipinski definition) is 3. The molecule has 0 spiro atoms. The highest BCUT2D eigenvalue weighted by atomic mass is 32.1. The maximum Gasteiger partial charge on any atom is 0.254 e. The molecule has 1 amide bonds. The second kappa shape index (κ2) is 5.33. The average Bonchev–Trinajstić information content (AvgIpc) is 2.93. The van der Waals surface area contributed by atoms with Gasteiger partial charge in [0.15, 0.2) is 0 Å². The maximum atomic E-state index is 12.3. The van der Waals surface area contributed by atoms with Crippen molar-refractivity contribution >= 4 is 22.9 Å². The Kier molecular flexibility index (Phi) is 3.77. The number of rotatable bonds is 4. The summed E-state index contributed by atoms with van der Waals surface area (Å²) in [6, 6.07) is 1.61. The SMILES string of the molecule is CC(C)(NC(=O)c1ccncc1NN)c1nccs1. The molecule has 100 valence electrons. The molecule has 0 aliphatic heterocycles. The minimum absolute atomic E-state index is 0.226. The number of pyridine rings is 1. The molecule has 7 heteroatoms. The lowest BCUT2D eigenvalue weighted by Gasteiger charge is -2.24. The Morgan fingerprint density at radius 2 is 2.21 bits per heavy atom. The first-order chi connectivity index (χ1) is 9.04. The van der Waals surface area contributed by atoms with Gasteiger partial charge in [-0.2, -0.15) is 0 Å². The monoisotopic (exact) mass is 277 g/mol. The highest BCUT2D eigenvalue weighted by Gasteiger charge is 2.26. The number of nitrogens with zero attached hydrogens (tertiary/aromatic N) is 2. The second-order valence-corrected chi connectivity index (χ2v) is 5.38. The van der Waals surface area contributed by atoms with Crippen LogP contribution >= 0.6 is 11.3 Å². The van der Waals surface area contributed by atoms with E-state index in [1.165, 1.54) is 17.5 Å². The lowest BCUT2D eigenvalue weighted by Crippen LogP contribution is -2.41. The molecule has 2 rings (SSSR count). The third-order valence-corrected chi connectivity index (χ3v) is 3.71. The molecule has 6 nitrogen and oxygen atoms in total. The minimum atomic E-state index is -0.541. The summed E-state index contributed by atoms with van der Waals surface area (Å²) in [4.78, 5) is 20.4. The van der Waals surface area contributed by atoms with Crippen molar-refractivity contribution in [2.75, 3.05) is 5.43 Å². The summed E-state index contributed by atoms with van der Waals surface area (Å²) in [5.41, 5.74) is 2.85. The number of hydrazine groups is 1. The summed E-state index contributed by atoms with van der Waals surface area (Å²) in [6.45, 7) is 3.81. The van der Waals surface area contributed by atoms with Crippen LogP contribution < -0.4 is 16.6 Å². The molecule has 0 aromatic carbocycles. The van der Waals surface area contributed by atoms with Crippen LogP contribution in [0.4, 0.5) is 5.69 Å². The van der Waals surface area contributed by atoms with Gasteiger partial charge in [0.1, 0.15) is 5.01 Å². The Balaban J connectivity index is 2.22. The third-order valence-electron chi connectivity index (χ3n) is 2.61. The molecular weight excluding hydrogens is 262 g/mol. The number of nitrogens with one attached hydrogen (secondary N) is 2. The van der Waals surface area contributed by atoms with Crippen molar-refractivity contribution in [3.05, 3.63) is 40.6 Å². The van der Waals surface area contributed by atoms with Gasteiger partial charge in [-0.25, -0.2) is 4.98 Å². The normalized spacial score (nSPS) is 11.1. The number of thiazole rings is 1. The molecule has 2 aromatic rings. The zero-order valence-electron chi connectivity index (χ0n) is 10.7. The van der Waals surface area contributed by atoms with E-state index in [9.17, 15) is 4.79 Å². The summed E-state index contributed by atoms with van der Waals surface area (Å²) in [5.74, 6) is 5.14. The molecule has 0 bridgehead atoms. The van der Waals surface area contributed by atoms with Gasteiger partial charge in [-0.1, -0.05) is 0 Å². The van der Waals surface area contributed by atoms with Crippen molar-refractivity contribution in [2.45, 2.75) is 19.4 Å². The molecule has 0 aliphatic rings. The van der Waals surface area contributed by atoms with Crippen molar-refractivity contribution < 1.29 is 4.79 Å². The van der Waals surface area contributed by atoms with Crippen molar-refractivity contribution in [1.82, 2.24) is 15.3 Å². The Hall–Kier alpha value is -1.99. The van der Waals surface area contributed by atoms with E-state index < -0.39 is 5.54 Å². The first-order valence-corrected chi connectivity index (χ1v) is 6.55. The standard InChI is InChI=1S/C12H15N5OS/c1-12(2,11-15-5-6-19-11)16-10(18)8-3-4-14-7-9(8)17-13/h3-7,17H,13H2,1-2H3,(H,16,18). The Labute approximate surface area is 115 Å². The van der Waals surface area contributed by atoms with Gasteiger partial charge >= 0.3 is 0 Å². The minimum Gasteiger partial charge on any atom is -0.341 e. The number of anilines is 1. The molecule has 19 heavy (non-hydrogen) atoms. The third kappa shape index (κ3) is 2.88. The summed E-state index contributed by atoms with van der Waals surface area (Å²) < 4.78 is 0. The van der Waals surface area contributed by atoms with Crippen LogP contribution in [0.25, 0.3) is 0 Å². The van der Waals surface area contributed by atoms with Crippen LogP contribution in [0, 0.1) is 0 Å². The highest BCUT2D eigenvalue weighted by molar-refractivity contribution is 7.09. The number of aromatic nitrogens is 2. The molecule has 0 radical (unpaired) electrons. The smallest absolute Gasteiger partial charge is 0.254 e. The zero-order valence-corrected chi connectivity index (χ0v) is 11.5. The summed E-state index contributed by atoms with van der Waals surface area (Å²) in [7, 11) is 0. The molecule has 2 aromatic heterocycles. The first-order valence-electron chi connectivity index (χ1n) is 5.67. The highest BCUT2D eigenvalue weighted by Crippen LogP contribution is 2.23. The van der Waals surface area contributed by atoms with Crippen LogP contribution in [0.5, 0.6) is 0 Å². The van der Waals surface area contributed by atoms with Crippen LogP contribution in [0.2, 0.25) is 0 Å². The van der Waals surface area contributed by atoms with Gasteiger partial charge in [0.25, 0.3) is 5.91 Å². The molecule has 0 atom stereocenters. The van der Waals surface area contributed by atoms with Crippen molar-refractivity contribution in [3.8, 4) is 0 Å². The summed E-state index contributed by atoms with van der Waals surface area (Å²) in [5, 5.41) is 5.66. The van der Waals surface area contributed by atoms with E-state index in [-0.39, 0.29) is 5.91 Å². The van der Waals surface area contributed by atoms with Gasteiger partial charge < -0.3 is 10.7 Å². The Bertz CT molecular complexity index is 567. The number of amides is 1. The van der Waals surface area contributed by atoms with Crippen LogP contribution in [0.1, 0.15) is 29.2 Å². The number of nitrogen functional groups attached to an aromatic ring is 1. The first kappa shape index (κ1) is 13.4. The van der Waals surface area contributed by atoms with E-state index in [0.29, 0.717) is 11.3 Å². The molecule has 0 fully saturated rings. The molecule has 0 saturated carbocycles. The lowest BCUT2D eigenvalue weighted by atomic mass is 10.1. The average molecular weight is 277 g/mol. The van der Waals surface area contributed by atoms with Crippen molar-refractivity contribution in [2.24, 2.45) is 5.84 Å². The van der Waals surface area contributed by atoms with Crippen LogP contribution in [0.15, 0.2) is 30.0 Å². The fraction of sp³-hybridized carbons (Fsp3) is 0.250. The van der Waals surface area contributed by atoms with E-state index in [2.05, 4.69) is 20.7 Å². The Morgan fingerprint density at radius 1 is 1.42 bits per heavy atom. The van der Waals surface area contributed by atoms with Gasteiger partial charge in [-0.3, -0.25) is 15.6 Å². The number of hydrogen-bond acceptors (Lipinski definition) is 6. The molecule has 2 heterocycles. The van der Waals surface area contributed by atoms with Crippen LogP contribution in [-0.2, 0) is 5.54 Å². The second-order valence-electron chi connectivity index (χ2n) is 4.48. The lowest BCUT2D eigenvalue weighted by molar-refractivity contribution is 0.0912. The van der Waals surface area contributed by atoms with Gasteiger partial charge in [-0.05, 0) is 19.9 Å². The van der Waals surface area contributed by atoms with Gasteiger partial charge in [-0.15, -0.1) is 11.3 Å². The summed E-state index contributed by atoms with van der Waals surface area (Å²) >= 11 is 1.50. The molecule has 0 aliphatic carbocycles. The topological polar surface area (TPSA) is 92.9 Å². The maximum absolute atomic E-state index is 12.3. The largest absolute Gasteiger partial charge is 0.341 e. The van der Waals surface area contributed by atoms with Gasteiger partial charge in [0, 0.05) is 17.8 Å². The van der Waals surface area contributed by atoms with Crippen LogP contribution in [0.3, 0.4) is 0 Å². The number of carbonyl (C=O) groups is 1. The van der Waals surface area contributed by atoms with Gasteiger partial charge in [0.2, 0.25) is 0 Å². The quantitative estimate of drug-likeness (QED) is 0.581.